The largest absolute Gasteiger partial charge is 0.300 e. The van der Waals surface area contributed by atoms with Gasteiger partial charge in [-0.15, -0.1) is 11.3 Å². The first-order valence-electron chi connectivity index (χ1n) is 13.1. The lowest BCUT2D eigenvalue weighted by molar-refractivity contribution is 1.10. The standard InChI is InChI=1S/C35H21N3S/c1-2-8-25(9-3-1)37-32-13-7-5-11-30(32)36-34(37)23-16-14-22(15-17-23)24-20-28-26-10-4-6-12-31(26)38-33(28)29(21-24)27-18-19-39-35(27)38/h1-21H. The number of nitrogens with zero attached hydrogens (tertiary/aromatic N) is 3. The molecule has 9 aromatic rings. The number of imidazole rings is 1. The van der Waals surface area contributed by atoms with Crippen LogP contribution < -0.4 is 0 Å². The van der Waals surface area contributed by atoms with Gasteiger partial charge in [0.25, 0.3) is 0 Å². The van der Waals surface area contributed by atoms with Crippen molar-refractivity contribution in [2.45, 2.75) is 0 Å². The Labute approximate surface area is 228 Å². The van der Waals surface area contributed by atoms with Crippen LogP contribution in [0.3, 0.4) is 0 Å². The Hall–Kier alpha value is -4.93. The molecule has 0 fully saturated rings. The topological polar surface area (TPSA) is 22.2 Å². The average Bonchev–Trinajstić information content (AvgIpc) is 3.76. The van der Waals surface area contributed by atoms with Gasteiger partial charge in [0.05, 0.1) is 22.1 Å². The van der Waals surface area contributed by atoms with E-state index in [0.717, 1.165) is 28.1 Å². The molecule has 0 unspecified atom stereocenters. The third kappa shape index (κ3) is 2.89. The van der Waals surface area contributed by atoms with Gasteiger partial charge in [0.15, 0.2) is 0 Å². The molecule has 5 aromatic carbocycles. The van der Waals surface area contributed by atoms with Crippen LogP contribution in [-0.4, -0.2) is 14.0 Å². The van der Waals surface area contributed by atoms with Gasteiger partial charge in [0, 0.05) is 32.8 Å². The zero-order valence-electron chi connectivity index (χ0n) is 20.9. The number of hydrogen-bond acceptors (Lipinski definition) is 2. The summed E-state index contributed by atoms with van der Waals surface area (Å²) < 4.78 is 4.70. The van der Waals surface area contributed by atoms with E-state index in [2.05, 4.69) is 130 Å². The molecule has 4 aromatic heterocycles. The number of fused-ring (bicyclic) bond motifs is 7. The molecule has 0 spiro atoms. The summed E-state index contributed by atoms with van der Waals surface area (Å²) in [6.45, 7) is 0. The van der Waals surface area contributed by atoms with Gasteiger partial charge in [-0.2, -0.15) is 0 Å². The number of thiophene rings is 1. The van der Waals surface area contributed by atoms with Crippen molar-refractivity contribution in [2.24, 2.45) is 0 Å². The van der Waals surface area contributed by atoms with Crippen LogP contribution in [0.2, 0.25) is 0 Å². The van der Waals surface area contributed by atoms with Gasteiger partial charge in [0.1, 0.15) is 10.7 Å². The molecule has 9 rings (SSSR count). The first-order chi connectivity index (χ1) is 19.3. The Bertz CT molecular complexity index is 2320. The third-order valence-corrected chi connectivity index (χ3v) is 8.86. The summed E-state index contributed by atoms with van der Waals surface area (Å²) in [5, 5.41) is 7.49. The van der Waals surface area contributed by atoms with Crippen LogP contribution >= 0.6 is 11.3 Å². The number of hydrogen-bond donors (Lipinski definition) is 0. The quantitative estimate of drug-likeness (QED) is 0.230. The Morgan fingerprint density at radius 1 is 0.538 bits per heavy atom. The van der Waals surface area contributed by atoms with Crippen LogP contribution in [0.4, 0.5) is 0 Å². The van der Waals surface area contributed by atoms with Crippen LogP contribution in [0, 0.1) is 0 Å². The molecule has 39 heavy (non-hydrogen) atoms. The van der Waals surface area contributed by atoms with Crippen molar-refractivity contribution in [1.29, 1.82) is 0 Å². The van der Waals surface area contributed by atoms with Gasteiger partial charge in [0.2, 0.25) is 0 Å². The second-order valence-electron chi connectivity index (χ2n) is 10.1. The molecule has 0 saturated heterocycles. The highest BCUT2D eigenvalue weighted by molar-refractivity contribution is 7.17. The summed E-state index contributed by atoms with van der Waals surface area (Å²) in [6, 6.07) is 43.5. The SMILES string of the molecule is c1ccc(-n2c(-c3ccc(-c4cc5c6ccccc6n6c7sccc7c(c4)c56)cc3)nc3ccccc32)cc1. The second-order valence-corrected chi connectivity index (χ2v) is 11.0. The maximum absolute atomic E-state index is 5.04. The number of benzene rings is 5. The van der Waals surface area contributed by atoms with Crippen molar-refractivity contribution >= 4 is 59.8 Å². The first kappa shape index (κ1) is 21.1. The number of aromatic nitrogens is 3. The lowest BCUT2D eigenvalue weighted by atomic mass is 9.99. The van der Waals surface area contributed by atoms with E-state index >= 15 is 0 Å². The Balaban J connectivity index is 1.24. The fraction of sp³-hybridized carbons (Fsp3) is 0. The van der Waals surface area contributed by atoms with E-state index in [0.29, 0.717) is 0 Å². The predicted octanol–water partition coefficient (Wildman–Crippen LogP) is 9.57. The van der Waals surface area contributed by atoms with E-state index in [9.17, 15) is 0 Å². The normalized spacial score (nSPS) is 12.1. The van der Waals surface area contributed by atoms with E-state index in [1.54, 1.807) is 0 Å². The Morgan fingerprint density at radius 3 is 2.08 bits per heavy atom. The summed E-state index contributed by atoms with van der Waals surface area (Å²) in [5.74, 6) is 0.953. The fourth-order valence-electron chi connectivity index (χ4n) is 6.23. The molecule has 3 nitrogen and oxygen atoms in total. The van der Waals surface area contributed by atoms with E-state index in [1.807, 2.05) is 17.4 Å². The summed E-state index contributed by atoms with van der Waals surface area (Å²) in [4.78, 5) is 6.37. The van der Waals surface area contributed by atoms with Crippen molar-refractivity contribution in [1.82, 2.24) is 14.0 Å². The van der Waals surface area contributed by atoms with Gasteiger partial charge in [-0.3, -0.25) is 8.97 Å². The zero-order valence-corrected chi connectivity index (χ0v) is 21.7. The summed E-state index contributed by atoms with van der Waals surface area (Å²) in [7, 11) is 0. The van der Waals surface area contributed by atoms with Gasteiger partial charge in [-0.1, -0.05) is 72.8 Å². The maximum atomic E-state index is 5.04. The molecule has 0 bridgehead atoms. The van der Waals surface area contributed by atoms with E-state index < -0.39 is 0 Å². The lowest BCUT2D eigenvalue weighted by Crippen LogP contribution is -1.97. The average molecular weight is 516 g/mol. The van der Waals surface area contributed by atoms with Crippen molar-refractivity contribution in [3.8, 4) is 28.2 Å². The molecule has 0 radical (unpaired) electrons. The molecule has 0 saturated carbocycles. The second kappa shape index (κ2) is 7.79. The molecule has 0 aliphatic carbocycles. The minimum absolute atomic E-state index is 0.953. The molecule has 182 valence electrons. The Kier molecular flexibility index (Phi) is 4.21. The monoisotopic (exact) mass is 515 g/mol. The summed E-state index contributed by atoms with van der Waals surface area (Å²) in [6.07, 6.45) is 0. The van der Waals surface area contributed by atoms with Crippen molar-refractivity contribution in [3.63, 3.8) is 0 Å². The van der Waals surface area contributed by atoms with Gasteiger partial charge in [-0.05, 0) is 65.0 Å². The minimum atomic E-state index is 0.953. The van der Waals surface area contributed by atoms with Gasteiger partial charge < -0.3 is 0 Å². The number of para-hydroxylation sites is 4. The van der Waals surface area contributed by atoms with Crippen LogP contribution in [0.15, 0.2) is 127 Å². The van der Waals surface area contributed by atoms with E-state index in [1.165, 1.54) is 48.5 Å². The van der Waals surface area contributed by atoms with Crippen LogP contribution in [0.1, 0.15) is 0 Å². The Morgan fingerprint density at radius 2 is 1.23 bits per heavy atom. The summed E-state index contributed by atoms with van der Waals surface area (Å²) in [5.41, 5.74) is 9.37. The van der Waals surface area contributed by atoms with Gasteiger partial charge in [-0.25, -0.2) is 4.98 Å². The number of rotatable bonds is 3. The zero-order chi connectivity index (χ0) is 25.5. The van der Waals surface area contributed by atoms with Gasteiger partial charge >= 0.3 is 0 Å². The van der Waals surface area contributed by atoms with E-state index in [-0.39, 0.29) is 0 Å². The highest BCUT2D eigenvalue weighted by Crippen LogP contribution is 2.43. The van der Waals surface area contributed by atoms with Crippen LogP contribution in [-0.2, 0) is 0 Å². The molecular formula is C35H21N3S. The minimum Gasteiger partial charge on any atom is -0.300 e. The molecule has 0 aliphatic heterocycles. The maximum Gasteiger partial charge on any atom is 0.145 e. The molecule has 0 aliphatic rings. The van der Waals surface area contributed by atoms with Crippen molar-refractivity contribution < 1.29 is 0 Å². The molecule has 4 heterocycles. The van der Waals surface area contributed by atoms with Crippen molar-refractivity contribution in [2.75, 3.05) is 0 Å². The van der Waals surface area contributed by atoms with Crippen LogP contribution in [0.5, 0.6) is 0 Å². The molecule has 0 N–H and O–H groups in total. The van der Waals surface area contributed by atoms with E-state index in [4.69, 9.17) is 4.98 Å². The highest BCUT2D eigenvalue weighted by Gasteiger charge is 2.19. The van der Waals surface area contributed by atoms with Crippen LogP contribution in [0.25, 0.3) is 76.6 Å². The molecule has 0 amide bonds. The fourth-order valence-corrected chi connectivity index (χ4v) is 7.16. The molecular weight excluding hydrogens is 494 g/mol. The lowest BCUT2D eigenvalue weighted by Gasteiger charge is -2.10. The smallest absolute Gasteiger partial charge is 0.145 e. The van der Waals surface area contributed by atoms with Crippen molar-refractivity contribution in [3.05, 3.63) is 127 Å². The molecule has 0 atom stereocenters. The third-order valence-electron chi connectivity index (χ3n) is 7.96. The first-order valence-corrected chi connectivity index (χ1v) is 14.0. The predicted molar refractivity (Wildman–Crippen MR) is 164 cm³/mol. The highest BCUT2D eigenvalue weighted by atomic mass is 32.1. The molecule has 4 heteroatoms. The summed E-state index contributed by atoms with van der Waals surface area (Å²) >= 11 is 1.82.